The van der Waals surface area contributed by atoms with Crippen molar-refractivity contribution in [3.8, 4) is 5.75 Å². The van der Waals surface area contributed by atoms with Gasteiger partial charge < -0.3 is 15.2 Å². The Morgan fingerprint density at radius 1 is 1.53 bits per heavy atom. The summed E-state index contributed by atoms with van der Waals surface area (Å²) in [6, 6.07) is 6.70. The summed E-state index contributed by atoms with van der Waals surface area (Å²) >= 11 is 0. The molecule has 0 saturated heterocycles. The minimum absolute atomic E-state index is 0.0825. The third-order valence-electron chi connectivity index (χ3n) is 2.00. The van der Waals surface area contributed by atoms with Gasteiger partial charge in [0.2, 0.25) is 0 Å². The fourth-order valence-corrected chi connectivity index (χ4v) is 1.18. The molecule has 0 aliphatic carbocycles. The lowest BCUT2D eigenvalue weighted by Crippen LogP contribution is -2.35. The van der Waals surface area contributed by atoms with Crippen LogP contribution in [0.2, 0.25) is 0 Å². The number of carbonyl (C=O) groups excluding carboxylic acids is 1. The maximum atomic E-state index is 11.7. The Kier molecular flexibility index (Phi) is 4.12. The monoisotopic (exact) mass is 209 g/mol. The second kappa shape index (κ2) is 5.36. The van der Waals surface area contributed by atoms with Crippen LogP contribution >= 0.6 is 0 Å². The average molecular weight is 209 g/mol. The third-order valence-corrected chi connectivity index (χ3v) is 2.00. The van der Waals surface area contributed by atoms with Crippen LogP contribution in [0.4, 0.5) is 0 Å². The van der Waals surface area contributed by atoms with Crippen LogP contribution in [0.25, 0.3) is 0 Å². The molecule has 0 bridgehead atoms. The zero-order chi connectivity index (χ0) is 11.3. The highest BCUT2D eigenvalue weighted by atomic mass is 16.5. The lowest BCUT2D eigenvalue weighted by atomic mass is 10.2. The molecule has 0 aliphatic rings. The second-order valence-corrected chi connectivity index (χ2v) is 3.26. The molecule has 0 aliphatic heterocycles. The smallest absolute Gasteiger partial charge is 0.255 e. The molecule has 1 atom stereocenters. The van der Waals surface area contributed by atoms with Gasteiger partial charge in [-0.2, -0.15) is 0 Å². The Hall–Kier alpha value is -1.55. The third kappa shape index (κ3) is 2.95. The van der Waals surface area contributed by atoms with Crippen LogP contribution in [0.5, 0.6) is 5.75 Å². The Balaban J connectivity index is 2.81. The molecule has 1 amide bonds. The summed E-state index contributed by atoms with van der Waals surface area (Å²) in [7, 11) is 1.52. The number of ether oxygens (including phenoxy) is 1. The van der Waals surface area contributed by atoms with Gasteiger partial charge in [0, 0.05) is 6.04 Å². The van der Waals surface area contributed by atoms with E-state index in [9.17, 15) is 4.79 Å². The summed E-state index contributed by atoms with van der Waals surface area (Å²) in [6.45, 7) is 1.65. The number of hydrogen-bond acceptors (Lipinski definition) is 3. The molecule has 0 unspecified atom stereocenters. The van der Waals surface area contributed by atoms with Gasteiger partial charge in [0.25, 0.3) is 5.91 Å². The maximum absolute atomic E-state index is 11.7. The summed E-state index contributed by atoms with van der Waals surface area (Å²) in [5.74, 6) is 0.286. The van der Waals surface area contributed by atoms with E-state index in [0.29, 0.717) is 11.3 Å². The topological polar surface area (TPSA) is 58.6 Å². The summed E-state index contributed by atoms with van der Waals surface area (Å²) in [5.41, 5.74) is 0.472. The number of methoxy groups -OCH3 is 1. The summed E-state index contributed by atoms with van der Waals surface area (Å²) in [4.78, 5) is 11.7. The van der Waals surface area contributed by atoms with E-state index in [1.165, 1.54) is 7.11 Å². The van der Waals surface area contributed by atoms with Crippen molar-refractivity contribution in [2.75, 3.05) is 13.7 Å². The first-order chi connectivity index (χ1) is 7.19. The normalized spacial score (nSPS) is 11.9. The van der Waals surface area contributed by atoms with E-state index in [1.54, 1.807) is 31.2 Å². The quantitative estimate of drug-likeness (QED) is 0.771. The van der Waals surface area contributed by atoms with Gasteiger partial charge >= 0.3 is 0 Å². The van der Waals surface area contributed by atoms with E-state index >= 15 is 0 Å². The lowest BCUT2D eigenvalue weighted by Gasteiger charge is -2.12. The van der Waals surface area contributed by atoms with Crippen molar-refractivity contribution < 1.29 is 14.6 Å². The van der Waals surface area contributed by atoms with E-state index in [1.807, 2.05) is 0 Å². The van der Waals surface area contributed by atoms with Gasteiger partial charge in [-0.05, 0) is 19.1 Å². The molecule has 0 saturated carbocycles. The number of benzene rings is 1. The molecule has 1 rings (SSSR count). The van der Waals surface area contributed by atoms with Crippen molar-refractivity contribution in [1.82, 2.24) is 5.32 Å². The van der Waals surface area contributed by atoms with E-state index in [2.05, 4.69) is 5.32 Å². The van der Waals surface area contributed by atoms with E-state index in [4.69, 9.17) is 9.84 Å². The molecule has 4 nitrogen and oxygen atoms in total. The molecular weight excluding hydrogens is 194 g/mol. The van der Waals surface area contributed by atoms with Crippen LogP contribution < -0.4 is 10.1 Å². The Morgan fingerprint density at radius 2 is 2.20 bits per heavy atom. The van der Waals surface area contributed by atoms with Crippen LogP contribution in [0, 0.1) is 0 Å². The number of para-hydroxylation sites is 1. The van der Waals surface area contributed by atoms with Crippen molar-refractivity contribution in [2.24, 2.45) is 0 Å². The summed E-state index contributed by atoms with van der Waals surface area (Å²) < 4.78 is 5.06. The fourth-order valence-electron chi connectivity index (χ4n) is 1.18. The molecule has 1 aromatic carbocycles. The van der Waals surface area contributed by atoms with Crippen LogP contribution in [-0.2, 0) is 0 Å². The van der Waals surface area contributed by atoms with Gasteiger partial charge in [-0.1, -0.05) is 12.1 Å². The molecule has 0 fully saturated rings. The number of aliphatic hydroxyl groups excluding tert-OH is 1. The highest BCUT2D eigenvalue weighted by Gasteiger charge is 2.12. The van der Waals surface area contributed by atoms with Crippen LogP contribution in [0.15, 0.2) is 24.3 Å². The molecule has 0 radical (unpaired) electrons. The Bertz CT molecular complexity index is 338. The Morgan fingerprint density at radius 3 is 2.80 bits per heavy atom. The maximum Gasteiger partial charge on any atom is 0.255 e. The SMILES string of the molecule is COc1ccccc1C(=O)N[C@@H](C)CO. The van der Waals surface area contributed by atoms with E-state index in [-0.39, 0.29) is 18.6 Å². The lowest BCUT2D eigenvalue weighted by molar-refractivity contribution is 0.0919. The molecule has 0 aromatic heterocycles. The molecule has 0 heterocycles. The van der Waals surface area contributed by atoms with Gasteiger partial charge in [0.15, 0.2) is 0 Å². The van der Waals surface area contributed by atoms with Gasteiger partial charge in [0.1, 0.15) is 5.75 Å². The van der Waals surface area contributed by atoms with Crippen LogP contribution in [0.1, 0.15) is 17.3 Å². The zero-order valence-electron chi connectivity index (χ0n) is 8.86. The number of rotatable bonds is 4. The molecule has 15 heavy (non-hydrogen) atoms. The molecule has 0 spiro atoms. The van der Waals surface area contributed by atoms with E-state index in [0.717, 1.165) is 0 Å². The van der Waals surface area contributed by atoms with Crippen molar-refractivity contribution in [2.45, 2.75) is 13.0 Å². The predicted molar refractivity (Wildman–Crippen MR) is 57.0 cm³/mol. The first-order valence-corrected chi connectivity index (χ1v) is 4.73. The van der Waals surface area contributed by atoms with Crippen LogP contribution in [0.3, 0.4) is 0 Å². The van der Waals surface area contributed by atoms with Crippen molar-refractivity contribution in [1.29, 1.82) is 0 Å². The minimum atomic E-state index is -0.262. The molecule has 4 heteroatoms. The number of carbonyl (C=O) groups is 1. The first-order valence-electron chi connectivity index (χ1n) is 4.73. The Labute approximate surface area is 88.9 Å². The highest BCUT2D eigenvalue weighted by Crippen LogP contribution is 2.16. The number of hydrogen-bond donors (Lipinski definition) is 2. The number of nitrogens with one attached hydrogen (secondary N) is 1. The van der Waals surface area contributed by atoms with Gasteiger partial charge in [-0.3, -0.25) is 4.79 Å². The molecular formula is C11H15NO3. The molecule has 82 valence electrons. The first kappa shape index (κ1) is 11.5. The van der Waals surface area contributed by atoms with Crippen LogP contribution in [-0.4, -0.2) is 30.8 Å². The summed E-state index contributed by atoms with van der Waals surface area (Å²) in [6.07, 6.45) is 0. The number of aliphatic hydroxyl groups is 1. The average Bonchev–Trinajstić information content (AvgIpc) is 2.28. The van der Waals surface area contributed by atoms with Crippen molar-refractivity contribution in [3.63, 3.8) is 0 Å². The van der Waals surface area contributed by atoms with E-state index < -0.39 is 0 Å². The van der Waals surface area contributed by atoms with Gasteiger partial charge in [0.05, 0.1) is 19.3 Å². The standard InChI is InChI=1S/C11H15NO3/c1-8(7-13)12-11(14)9-5-3-4-6-10(9)15-2/h3-6,8,13H,7H2,1-2H3,(H,12,14)/t8-/m0/s1. The van der Waals surface area contributed by atoms with Gasteiger partial charge in [-0.15, -0.1) is 0 Å². The predicted octanol–water partition coefficient (Wildman–Crippen LogP) is 0.806. The zero-order valence-corrected chi connectivity index (χ0v) is 8.86. The van der Waals surface area contributed by atoms with Crippen molar-refractivity contribution >= 4 is 5.91 Å². The minimum Gasteiger partial charge on any atom is -0.496 e. The highest BCUT2D eigenvalue weighted by molar-refractivity contribution is 5.97. The largest absolute Gasteiger partial charge is 0.496 e. The van der Waals surface area contributed by atoms with Crippen molar-refractivity contribution in [3.05, 3.63) is 29.8 Å². The molecule has 1 aromatic rings. The number of amides is 1. The second-order valence-electron chi connectivity index (χ2n) is 3.26. The molecule has 2 N–H and O–H groups in total. The summed E-state index contributed by atoms with van der Waals surface area (Å²) in [5, 5.41) is 11.5. The van der Waals surface area contributed by atoms with Gasteiger partial charge in [-0.25, -0.2) is 0 Å². The fraction of sp³-hybridized carbons (Fsp3) is 0.364.